The minimum atomic E-state index is -1.12. The predicted molar refractivity (Wildman–Crippen MR) is 90.1 cm³/mol. The van der Waals surface area contributed by atoms with Crippen LogP contribution in [0.2, 0.25) is 0 Å². The molecule has 1 aromatic rings. The molecule has 2 heterocycles. The van der Waals surface area contributed by atoms with Crippen LogP contribution in [-0.4, -0.2) is 37.0 Å². The lowest BCUT2D eigenvalue weighted by molar-refractivity contribution is -0.121. The van der Waals surface area contributed by atoms with Crippen molar-refractivity contribution >= 4 is 29.4 Å². The Balaban J connectivity index is 1.92. The molecule has 0 bridgehead atoms. The second kappa shape index (κ2) is 5.69. The van der Waals surface area contributed by atoms with Gasteiger partial charge in [-0.1, -0.05) is 30.0 Å². The van der Waals surface area contributed by atoms with Gasteiger partial charge in [0.1, 0.15) is 0 Å². The van der Waals surface area contributed by atoms with Crippen LogP contribution in [0.25, 0.3) is 0 Å². The van der Waals surface area contributed by atoms with Crippen LogP contribution in [0, 0.1) is 0 Å². The molecule has 0 fully saturated rings. The van der Waals surface area contributed by atoms with Crippen molar-refractivity contribution in [1.82, 2.24) is 15.5 Å². The zero-order valence-corrected chi connectivity index (χ0v) is 13.6. The van der Waals surface area contributed by atoms with Gasteiger partial charge < -0.3 is 27.0 Å². The Bertz CT molecular complexity index is 705. The zero-order chi connectivity index (χ0) is 16.6. The van der Waals surface area contributed by atoms with Crippen molar-refractivity contribution in [3.63, 3.8) is 0 Å². The van der Waals surface area contributed by atoms with Gasteiger partial charge in [-0.15, -0.1) is 0 Å². The van der Waals surface area contributed by atoms with Crippen molar-refractivity contribution in [2.75, 3.05) is 25.9 Å². The van der Waals surface area contributed by atoms with Crippen LogP contribution < -0.4 is 22.1 Å². The normalized spacial score (nSPS) is 23.3. The van der Waals surface area contributed by atoms with Crippen molar-refractivity contribution in [1.29, 1.82) is 0 Å². The number of carbonyl (C=O) groups is 2. The number of nitrogen functional groups attached to an aromatic ring is 1. The van der Waals surface area contributed by atoms with Gasteiger partial charge in [-0.05, 0) is 6.07 Å². The number of benzene rings is 1. The molecule has 2 aliphatic heterocycles. The van der Waals surface area contributed by atoms with Crippen molar-refractivity contribution in [2.45, 2.75) is 11.3 Å². The van der Waals surface area contributed by atoms with Gasteiger partial charge in [0, 0.05) is 41.9 Å². The average Bonchev–Trinajstić information content (AvgIpc) is 2.94. The Labute approximate surface area is 138 Å². The van der Waals surface area contributed by atoms with Gasteiger partial charge >= 0.3 is 6.03 Å². The molecule has 1 aromatic carbocycles. The number of thioether (sulfide) groups is 1. The number of amides is 3. The summed E-state index contributed by atoms with van der Waals surface area (Å²) < 4.78 is 0. The van der Waals surface area contributed by atoms with Crippen LogP contribution in [0.3, 0.4) is 0 Å². The van der Waals surface area contributed by atoms with E-state index in [0.717, 1.165) is 10.6 Å². The lowest BCUT2D eigenvalue weighted by atomic mass is 10.0. The second-order valence-corrected chi connectivity index (χ2v) is 6.80. The lowest BCUT2D eigenvalue weighted by Gasteiger charge is -2.28. The maximum absolute atomic E-state index is 12.3. The highest BCUT2D eigenvalue weighted by Crippen LogP contribution is 2.49. The fourth-order valence-electron chi connectivity index (χ4n) is 2.90. The summed E-state index contributed by atoms with van der Waals surface area (Å²) >= 11 is 1.34. The second-order valence-electron chi connectivity index (χ2n) is 5.49. The topological polar surface area (TPSA) is 113 Å². The Hall–Kier alpha value is -2.35. The third kappa shape index (κ3) is 2.48. The van der Waals surface area contributed by atoms with E-state index in [4.69, 9.17) is 11.5 Å². The molecular weight excluding hydrogens is 314 g/mol. The molecule has 23 heavy (non-hydrogen) atoms. The van der Waals surface area contributed by atoms with Crippen LogP contribution in [0.1, 0.15) is 12.0 Å². The number of primary amides is 1. The highest BCUT2D eigenvalue weighted by atomic mass is 32.2. The Morgan fingerprint density at radius 1 is 1.39 bits per heavy atom. The molecular formula is C15H19N5O2S. The Morgan fingerprint density at radius 3 is 2.78 bits per heavy atom. The molecule has 1 atom stereocenters. The lowest BCUT2D eigenvalue weighted by Crippen LogP contribution is -2.47. The summed E-state index contributed by atoms with van der Waals surface area (Å²) in [6.07, 6.45) is 0.650. The molecule has 0 saturated carbocycles. The number of nitrogens with one attached hydrogen (secondary N) is 2. The van der Waals surface area contributed by atoms with Crippen molar-refractivity contribution in [3.05, 3.63) is 40.4 Å². The van der Waals surface area contributed by atoms with Gasteiger partial charge in [0.25, 0.3) is 5.91 Å². The molecule has 2 aliphatic rings. The first-order chi connectivity index (χ1) is 11.0. The molecule has 0 aromatic heterocycles. The summed E-state index contributed by atoms with van der Waals surface area (Å²) in [5, 5.41) is 5.89. The number of hydrogen-bond acceptors (Lipinski definition) is 5. The van der Waals surface area contributed by atoms with Gasteiger partial charge in [-0.2, -0.15) is 0 Å². The fourth-order valence-corrected chi connectivity index (χ4v) is 4.34. The molecule has 3 rings (SSSR count). The SMILES string of the molecule is CNC(=O)N1CCC2=C(C1)SC(C(N)=O)(c1ccccc1N)N2. The molecule has 0 saturated heterocycles. The average molecular weight is 333 g/mol. The first-order valence-corrected chi connectivity index (χ1v) is 8.10. The first kappa shape index (κ1) is 15.5. The summed E-state index contributed by atoms with van der Waals surface area (Å²) in [6.45, 7) is 1.04. The van der Waals surface area contributed by atoms with E-state index in [1.807, 2.05) is 12.1 Å². The molecule has 0 aliphatic carbocycles. The zero-order valence-electron chi connectivity index (χ0n) is 12.8. The third-order valence-corrected chi connectivity index (χ3v) is 5.55. The van der Waals surface area contributed by atoms with Gasteiger partial charge in [0.2, 0.25) is 0 Å². The molecule has 3 amide bonds. The molecule has 0 spiro atoms. The molecule has 1 unspecified atom stereocenters. The standard InChI is InChI=1S/C15H19N5O2S/c1-18-14(22)20-7-6-11-12(8-20)23-15(19-11,13(17)21)9-4-2-3-5-10(9)16/h2-5,19H,6-8,16H2,1H3,(H2,17,21)(H,18,22). The van der Waals surface area contributed by atoms with Crippen LogP contribution in [0.5, 0.6) is 0 Å². The first-order valence-electron chi connectivity index (χ1n) is 7.28. The number of nitrogens with two attached hydrogens (primary N) is 2. The van der Waals surface area contributed by atoms with Crippen LogP contribution in [0.4, 0.5) is 10.5 Å². The monoisotopic (exact) mass is 333 g/mol. The van der Waals surface area contributed by atoms with Crippen LogP contribution in [0.15, 0.2) is 34.9 Å². The molecule has 6 N–H and O–H groups in total. The predicted octanol–water partition coefficient (Wildman–Crippen LogP) is 0.500. The Kier molecular flexibility index (Phi) is 3.85. The van der Waals surface area contributed by atoms with Gasteiger partial charge in [0.15, 0.2) is 4.87 Å². The van der Waals surface area contributed by atoms with Gasteiger partial charge in [-0.25, -0.2) is 4.79 Å². The number of nitrogens with zero attached hydrogens (tertiary/aromatic N) is 1. The van der Waals surface area contributed by atoms with E-state index in [0.29, 0.717) is 30.8 Å². The van der Waals surface area contributed by atoms with Crippen molar-refractivity contribution in [3.8, 4) is 0 Å². The highest BCUT2D eigenvalue weighted by Gasteiger charge is 2.48. The molecule has 0 radical (unpaired) electrons. The number of carbonyl (C=O) groups excluding carboxylic acids is 2. The van der Waals surface area contributed by atoms with E-state index in [-0.39, 0.29) is 6.03 Å². The molecule has 122 valence electrons. The van der Waals surface area contributed by atoms with Gasteiger partial charge in [0.05, 0.1) is 6.54 Å². The van der Waals surface area contributed by atoms with Crippen molar-refractivity contribution < 1.29 is 9.59 Å². The number of hydrogen-bond donors (Lipinski definition) is 4. The summed E-state index contributed by atoms with van der Waals surface area (Å²) in [7, 11) is 1.60. The number of para-hydroxylation sites is 1. The summed E-state index contributed by atoms with van der Waals surface area (Å²) in [4.78, 5) is 25.6. The molecule has 7 nitrogen and oxygen atoms in total. The minimum Gasteiger partial charge on any atom is -0.398 e. The van der Waals surface area contributed by atoms with E-state index in [9.17, 15) is 9.59 Å². The summed E-state index contributed by atoms with van der Waals surface area (Å²) in [5.41, 5.74) is 13.9. The maximum Gasteiger partial charge on any atom is 0.317 e. The smallest absolute Gasteiger partial charge is 0.317 e. The van der Waals surface area contributed by atoms with Gasteiger partial charge in [-0.3, -0.25) is 4.79 Å². The van der Waals surface area contributed by atoms with Crippen molar-refractivity contribution in [2.24, 2.45) is 5.73 Å². The fraction of sp³-hybridized carbons (Fsp3) is 0.333. The van der Waals surface area contributed by atoms with E-state index in [2.05, 4.69) is 10.6 Å². The van der Waals surface area contributed by atoms with E-state index >= 15 is 0 Å². The largest absolute Gasteiger partial charge is 0.398 e. The van der Waals surface area contributed by atoms with E-state index in [1.165, 1.54) is 11.8 Å². The highest BCUT2D eigenvalue weighted by molar-refractivity contribution is 8.05. The van der Waals surface area contributed by atoms with E-state index in [1.54, 1.807) is 24.1 Å². The minimum absolute atomic E-state index is 0.132. The van der Waals surface area contributed by atoms with Crippen LogP contribution in [-0.2, 0) is 9.67 Å². The maximum atomic E-state index is 12.3. The molecule has 8 heteroatoms. The summed E-state index contributed by atoms with van der Waals surface area (Å²) in [5.74, 6) is -0.499. The Morgan fingerprint density at radius 2 is 2.13 bits per heavy atom. The number of anilines is 1. The van der Waals surface area contributed by atoms with E-state index < -0.39 is 10.8 Å². The quantitative estimate of drug-likeness (QED) is 0.589. The number of urea groups is 1. The number of rotatable bonds is 2. The third-order valence-electron chi connectivity index (χ3n) is 4.09. The summed E-state index contributed by atoms with van der Waals surface area (Å²) in [6, 6.07) is 7.06. The van der Waals surface area contributed by atoms with Crippen LogP contribution >= 0.6 is 11.8 Å².